The predicted molar refractivity (Wildman–Crippen MR) is 63.8 cm³/mol. The lowest BCUT2D eigenvalue weighted by Crippen LogP contribution is -2.35. The first-order chi connectivity index (χ1) is 7.20. The van der Waals surface area contributed by atoms with Crippen LogP contribution < -0.4 is 0 Å². The summed E-state index contributed by atoms with van der Waals surface area (Å²) >= 11 is 7.54. The lowest BCUT2D eigenvalue weighted by molar-refractivity contribution is 0.0729. The summed E-state index contributed by atoms with van der Waals surface area (Å²) in [6.45, 7) is 3.70. The molecule has 0 atom stereocenters. The van der Waals surface area contributed by atoms with Crippen molar-refractivity contribution in [3.05, 3.63) is 20.8 Å². The van der Waals surface area contributed by atoms with Crippen molar-refractivity contribution in [1.82, 2.24) is 4.90 Å². The fraction of sp³-hybridized carbons (Fsp3) is 0.545. The van der Waals surface area contributed by atoms with E-state index in [1.165, 1.54) is 17.8 Å². The minimum Gasteiger partial charge on any atom is -0.338 e. The molecule has 0 aliphatic carbocycles. The molecule has 0 N–H and O–H groups in total. The molecule has 0 unspecified atom stereocenters. The molecule has 1 aliphatic heterocycles. The first kappa shape index (κ1) is 11.0. The average molecular weight is 244 g/mol. The van der Waals surface area contributed by atoms with Crippen LogP contribution in [0.5, 0.6) is 0 Å². The first-order valence-corrected chi connectivity index (χ1v) is 6.49. The van der Waals surface area contributed by atoms with Crippen LogP contribution in [0.25, 0.3) is 0 Å². The van der Waals surface area contributed by atoms with E-state index >= 15 is 0 Å². The Morgan fingerprint density at radius 1 is 1.40 bits per heavy atom. The summed E-state index contributed by atoms with van der Waals surface area (Å²) < 4.78 is 0. The standard InChI is InChI=1S/C11H14ClNOS/c1-8-7-15-10(9(8)12)11(14)13-5-3-2-4-6-13/h7H,2-6H2,1H3. The van der Waals surface area contributed by atoms with Crippen molar-refractivity contribution in [3.8, 4) is 0 Å². The van der Waals surface area contributed by atoms with E-state index < -0.39 is 0 Å². The molecule has 0 radical (unpaired) electrons. The summed E-state index contributed by atoms with van der Waals surface area (Å²) in [5, 5.41) is 2.58. The van der Waals surface area contributed by atoms with Gasteiger partial charge in [0.05, 0.1) is 5.02 Å². The van der Waals surface area contributed by atoms with E-state index in [1.54, 1.807) is 0 Å². The van der Waals surface area contributed by atoms with E-state index in [0.29, 0.717) is 9.90 Å². The van der Waals surface area contributed by atoms with E-state index in [0.717, 1.165) is 31.5 Å². The summed E-state index contributed by atoms with van der Waals surface area (Å²) in [5.41, 5.74) is 1.00. The molecule has 15 heavy (non-hydrogen) atoms. The van der Waals surface area contributed by atoms with Gasteiger partial charge in [0.1, 0.15) is 4.88 Å². The fourth-order valence-corrected chi connectivity index (χ4v) is 3.06. The topological polar surface area (TPSA) is 20.3 Å². The molecule has 0 aromatic carbocycles. The summed E-state index contributed by atoms with van der Waals surface area (Å²) in [6, 6.07) is 0. The molecule has 1 amide bonds. The van der Waals surface area contributed by atoms with Crippen LogP contribution in [0.4, 0.5) is 0 Å². The highest BCUT2D eigenvalue weighted by atomic mass is 35.5. The SMILES string of the molecule is Cc1csc(C(=O)N2CCCCC2)c1Cl. The van der Waals surface area contributed by atoms with Gasteiger partial charge in [0.2, 0.25) is 0 Å². The van der Waals surface area contributed by atoms with Crippen molar-refractivity contribution in [2.45, 2.75) is 26.2 Å². The molecule has 1 aromatic heterocycles. The number of amides is 1. The highest BCUT2D eigenvalue weighted by Crippen LogP contribution is 2.29. The molecule has 0 bridgehead atoms. The molecule has 0 saturated carbocycles. The number of thiophene rings is 1. The third-order valence-corrected chi connectivity index (χ3v) is 4.42. The minimum absolute atomic E-state index is 0.109. The van der Waals surface area contributed by atoms with Gasteiger partial charge < -0.3 is 4.90 Å². The zero-order valence-corrected chi connectivity index (χ0v) is 10.3. The van der Waals surface area contributed by atoms with Crippen LogP contribution in [0.3, 0.4) is 0 Å². The number of carbonyl (C=O) groups excluding carboxylic acids is 1. The van der Waals surface area contributed by atoms with Gasteiger partial charge in [-0.3, -0.25) is 4.79 Å². The van der Waals surface area contributed by atoms with Crippen molar-refractivity contribution in [3.63, 3.8) is 0 Å². The number of hydrogen-bond acceptors (Lipinski definition) is 2. The van der Waals surface area contributed by atoms with Crippen LogP contribution >= 0.6 is 22.9 Å². The number of likely N-dealkylation sites (tertiary alicyclic amines) is 1. The average Bonchev–Trinajstić information content (AvgIpc) is 2.60. The highest BCUT2D eigenvalue weighted by molar-refractivity contribution is 7.13. The molecule has 82 valence electrons. The summed E-state index contributed by atoms with van der Waals surface area (Å²) in [7, 11) is 0. The van der Waals surface area contributed by atoms with Crippen LogP contribution in [0, 0.1) is 6.92 Å². The third-order valence-electron chi connectivity index (χ3n) is 2.74. The molecule has 0 spiro atoms. The maximum atomic E-state index is 12.1. The Labute approximate surface area is 98.8 Å². The summed E-state index contributed by atoms with van der Waals surface area (Å²) in [6.07, 6.45) is 3.47. The highest BCUT2D eigenvalue weighted by Gasteiger charge is 2.22. The van der Waals surface area contributed by atoms with Crippen molar-refractivity contribution >= 4 is 28.8 Å². The smallest absolute Gasteiger partial charge is 0.265 e. The van der Waals surface area contributed by atoms with Crippen molar-refractivity contribution in [2.75, 3.05) is 13.1 Å². The Balaban J connectivity index is 2.16. The summed E-state index contributed by atoms with van der Waals surface area (Å²) in [5.74, 6) is 0.109. The molecule has 4 heteroatoms. The van der Waals surface area contributed by atoms with Crippen molar-refractivity contribution < 1.29 is 4.79 Å². The van der Waals surface area contributed by atoms with Crippen LogP contribution in [0.1, 0.15) is 34.5 Å². The molecule has 1 saturated heterocycles. The van der Waals surface area contributed by atoms with E-state index in [-0.39, 0.29) is 5.91 Å². The number of aryl methyl sites for hydroxylation is 1. The molecule has 2 heterocycles. The largest absolute Gasteiger partial charge is 0.338 e. The quantitative estimate of drug-likeness (QED) is 0.741. The number of halogens is 1. The van der Waals surface area contributed by atoms with Gasteiger partial charge in [-0.2, -0.15) is 0 Å². The number of nitrogens with zero attached hydrogens (tertiary/aromatic N) is 1. The van der Waals surface area contributed by atoms with Crippen LogP contribution in [0.2, 0.25) is 5.02 Å². The Bertz CT molecular complexity index is 369. The Kier molecular flexibility index (Phi) is 3.32. The maximum Gasteiger partial charge on any atom is 0.265 e. The van der Waals surface area contributed by atoms with Crippen LogP contribution in [0.15, 0.2) is 5.38 Å². The number of piperidine rings is 1. The number of hydrogen-bond donors (Lipinski definition) is 0. The minimum atomic E-state index is 0.109. The van der Waals surface area contributed by atoms with Crippen LogP contribution in [-0.4, -0.2) is 23.9 Å². The second-order valence-electron chi connectivity index (χ2n) is 3.91. The zero-order valence-electron chi connectivity index (χ0n) is 8.75. The van der Waals surface area contributed by atoms with Crippen LogP contribution in [-0.2, 0) is 0 Å². The number of rotatable bonds is 1. The first-order valence-electron chi connectivity index (χ1n) is 5.23. The van der Waals surface area contributed by atoms with Gasteiger partial charge in [0.15, 0.2) is 0 Å². The molecule has 2 rings (SSSR count). The van der Waals surface area contributed by atoms with E-state index in [1.807, 2.05) is 17.2 Å². The van der Waals surface area contributed by atoms with Gasteiger partial charge in [-0.05, 0) is 37.1 Å². The molecule has 1 fully saturated rings. The van der Waals surface area contributed by atoms with Gasteiger partial charge in [-0.1, -0.05) is 11.6 Å². The molecule has 1 aromatic rings. The molecule has 2 nitrogen and oxygen atoms in total. The lowest BCUT2D eigenvalue weighted by atomic mass is 10.1. The van der Waals surface area contributed by atoms with Gasteiger partial charge in [-0.15, -0.1) is 11.3 Å². The normalized spacial score (nSPS) is 16.8. The molecular formula is C11H14ClNOS. The second-order valence-corrected chi connectivity index (χ2v) is 5.17. The van der Waals surface area contributed by atoms with Gasteiger partial charge >= 0.3 is 0 Å². The molecular weight excluding hydrogens is 230 g/mol. The Morgan fingerprint density at radius 2 is 2.07 bits per heavy atom. The van der Waals surface area contributed by atoms with Gasteiger partial charge in [-0.25, -0.2) is 0 Å². The van der Waals surface area contributed by atoms with Gasteiger partial charge in [0.25, 0.3) is 5.91 Å². The predicted octanol–water partition coefficient (Wildman–Crippen LogP) is 3.34. The lowest BCUT2D eigenvalue weighted by Gasteiger charge is -2.26. The maximum absolute atomic E-state index is 12.1. The van der Waals surface area contributed by atoms with E-state index in [2.05, 4.69) is 0 Å². The Hall–Kier alpha value is -0.540. The Morgan fingerprint density at radius 3 is 2.60 bits per heavy atom. The fourth-order valence-electron chi connectivity index (χ4n) is 1.81. The molecule has 1 aliphatic rings. The zero-order chi connectivity index (χ0) is 10.8. The third kappa shape index (κ3) is 2.18. The second kappa shape index (κ2) is 4.54. The number of carbonyl (C=O) groups is 1. The van der Waals surface area contributed by atoms with Crippen molar-refractivity contribution in [1.29, 1.82) is 0 Å². The monoisotopic (exact) mass is 243 g/mol. The van der Waals surface area contributed by atoms with Crippen molar-refractivity contribution in [2.24, 2.45) is 0 Å². The van der Waals surface area contributed by atoms with E-state index in [4.69, 9.17) is 11.6 Å². The van der Waals surface area contributed by atoms with E-state index in [9.17, 15) is 4.79 Å². The summed E-state index contributed by atoms with van der Waals surface area (Å²) in [4.78, 5) is 14.7. The van der Waals surface area contributed by atoms with Gasteiger partial charge in [0, 0.05) is 13.1 Å².